The number of aliphatic imine (C=N–C) groups is 1. The van der Waals surface area contributed by atoms with Crippen LogP contribution in [0.3, 0.4) is 0 Å². The van der Waals surface area contributed by atoms with Crippen LogP contribution in [0.1, 0.15) is 6.42 Å². The molecule has 1 heterocycles. The maximum absolute atomic E-state index is 3.72. The summed E-state index contributed by atoms with van der Waals surface area (Å²) in [5, 5.41) is 0. The molecule has 0 saturated heterocycles. The molecule has 0 N–H and O–H groups in total. The lowest BCUT2D eigenvalue weighted by Crippen LogP contribution is -1.75. The summed E-state index contributed by atoms with van der Waals surface area (Å²) in [6.07, 6.45) is 6.52. The van der Waals surface area contributed by atoms with Crippen LogP contribution < -0.4 is 0 Å². The van der Waals surface area contributed by atoms with Crippen molar-refractivity contribution in [2.75, 3.05) is 0 Å². The van der Waals surface area contributed by atoms with Crippen LogP contribution >= 0.6 is 0 Å². The Morgan fingerprint density at radius 3 is 2.83 bits per heavy atom. The Balaban J connectivity index is 2.46. The predicted octanol–water partition coefficient (Wildman–Crippen LogP) is 1.06. The molecule has 1 nitrogen and oxygen atoms in total. The molecule has 2 radical (unpaired) electrons. The van der Waals surface area contributed by atoms with Crippen LogP contribution in [-0.2, 0) is 0 Å². The van der Waals surface area contributed by atoms with Gasteiger partial charge in [0.2, 0.25) is 0 Å². The Morgan fingerprint density at radius 1 is 1.67 bits per heavy atom. The Labute approximate surface area is 37.4 Å². The monoisotopic (exact) mass is 79.0 g/mol. The first kappa shape index (κ1) is 3.59. The fourth-order valence-corrected chi connectivity index (χ4v) is 0.330. The van der Waals surface area contributed by atoms with Crippen LogP contribution in [0, 0.1) is 6.54 Å². The first-order valence-corrected chi connectivity index (χ1v) is 1.91. The molecule has 0 aromatic heterocycles. The van der Waals surface area contributed by atoms with Gasteiger partial charge in [-0.05, 0) is 12.5 Å². The number of allylic oxidation sites excluding steroid dienone is 1. The highest BCUT2D eigenvalue weighted by Crippen LogP contribution is 1.93. The van der Waals surface area contributed by atoms with Crippen LogP contribution in [0.4, 0.5) is 0 Å². The minimum atomic E-state index is 0.872. The normalized spacial score (nSPS) is 18.7. The predicted molar refractivity (Wildman–Crippen MR) is 25.5 cm³/mol. The number of hydrogen-bond acceptors (Lipinski definition) is 1. The lowest BCUT2D eigenvalue weighted by atomic mass is 10.3. The van der Waals surface area contributed by atoms with Crippen LogP contribution in [0.25, 0.3) is 0 Å². The summed E-state index contributed by atoms with van der Waals surface area (Å²) in [4.78, 5) is 3.72. The maximum atomic E-state index is 3.72. The molecule has 1 aliphatic heterocycles. The second kappa shape index (κ2) is 1.75. The van der Waals surface area contributed by atoms with Crippen molar-refractivity contribution in [1.82, 2.24) is 0 Å². The van der Waals surface area contributed by atoms with Gasteiger partial charge < -0.3 is 0 Å². The highest BCUT2D eigenvalue weighted by Gasteiger charge is 1.80. The van der Waals surface area contributed by atoms with E-state index in [1.54, 1.807) is 6.21 Å². The first-order chi connectivity index (χ1) is 3.00. The van der Waals surface area contributed by atoms with Crippen molar-refractivity contribution in [3.8, 4) is 0 Å². The molecule has 1 aliphatic rings. The smallest absolute Gasteiger partial charge is 0.120 e. The minimum absolute atomic E-state index is 0.872. The molecule has 0 atom stereocenters. The standard InChI is InChI=1S/C5H5N/c1-2-4-6-5-3-1/h1-2,4H,3H2. The highest BCUT2D eigenvalue weighted by atomic mass is 14.7. The van der Waals surface area contributed by atoms with Gasteiger partial charge in [0.25, 0.3) is 0 Å². The van der Waals surface area contributed by atoms with E-state index in [-0.39, 0.29) is 0 Å². The Morgan fingerprint density at radius 2 is 2.67 bits per heavy atom. The van der Waals surface area contributed by atoms with E-state index in [1.807, 2.05) is 12.2 Å². The number of dihydropyridines is 1. The third-order valence-electron chi connectivity index (χ3n) is 0.597. The number of hydrogen-bond donors (Lipinski definition) is 0. The fourth-order valence-electron chi connectivity index (χ4n) is 0.330. The fraction of sp³-hybridized carbons (Fsp3) is 0.200. The molecular weight excluding hydrogens is 74.1 g/mol. The zero-order valence-corrected chi connectivity index (χ0v) is 3.39. The van der Waals surface area contributed by atoms with Crippen LogP contribution in [0.5, 0.6) is 0 Å². The molecule has 0 fully saturated rings. The highest BCUT2D eigenvalue weighted by molar-refractivity contribution is 5.72. The molecule has 0 aromatic carbocycles. The van der Waals surface area contributed by atoms with Gasteiger partial charge in [-0.3, -0.25) is 4.99 Å². The summed E-state index contributed by atoms with van der Waals surface area (Å²) in [5.41, 5.74) is 0. The van der Waals surface area contributed by atoms with Gasteiger partial charge >= 0.3 is 0 Å². The third kappa shape index (κ3) is 0.677. The summed E-state index contributed by atoms with van der Waals surface area (Å²) in [6, 6.07) is 0. The van der Waals surface area contributed by atoms with Gasteiger partial charge in [-0.2, -0.15) is 0 Å². The van der Waals surface area contributed by atoms with E-state index < -0.39 is 0 Å². The molecule has 0 aromatic rings. The Hall–Kier alpha value is -0.590. The summed E-state index contributed by atoms with van der Waals surface area (Å²) < 4.78 is 0. The van der Waals surface area contributed by atoms with Gasteiger partial charge in [0.1, 0.15) is 6.54 Å². The van der Waals surface area contributed by atoms with Crippen molar-refractivity contribution < 1.29 is 0 Å². The zero-order chi connectivity index (χ0) is 4.24. The quantitative estimate of drug-likeness (QED) is 0.411. The van der Waals surface area contributed by atoms with E-state index in [2.05, 4.69) is 11.5 Å². The average Bonchev–Trinajstić information content (AvgIpc) is 1.72. The molecule has 0 unspecified atom stereocenters. The molecule has 6 heavy (non-hydrogen) atoms. The molecule has 30 valence electrons. The van der Waals surface area contributed by atoms with Gasteiger partial charge in [0.15, 0.2) is 0 Å². The van der Waals surface area contributed by atoms with E-state index in [1.165, 1.54) is 0 Å². The Kier molecular flexibility index (Phi) is 1.05. The number of nitrogens with zero attached hydrogens (tertiary/aromatic N) is 1. The second-order valence-electron chi connectivity index (χ2n) is 1.07. The summed E-state index contributed by atoms with van der Waals surface area (Å²) in [5.74, 6) is 0. The summed E-state index contributed by atoms with van der Waals surface area (Å²) >= 11 is 0. The van der Waals surface area contributed by atoms with Crippen LogP contribution in [0.15, 0.2) is 17.1 Å². The summed E-state index contributed by atoms with van der Waals surface area (Å²) in [6.45, 7) is 2.77. The van der Waals surface area contributed by atoms with Crippen molar-refractivity contribution in [3.63, 3.8) is 0 Å². The molecule has 0 bridgehead atoms. The topological polar surface area (TPSA) is 12.4 Å². The maximum Gasteiger partial charge on any atom is 0.120 e. The minimum Gasteiger partial charge on any atom is -0.281 e. The van der Waals surface area contributed by atoms with Crippen molar-refractivity contribution in [2.45, 2.75) is 6.42 Å². The second-order valence-corrected chi connectivity index (χ2v) is 1.07. The molecule has 0 spiro atoms. The van der Waals surface area contributed by atoms with E-state index >= 15 is 0 Å². The lowest BCUT2D eigenvalue weighted by Gasteiger charge is -1.86. The molecule has 1 rings (SSSR count). The first-order valence-electron chi connectivity index (χ1n) is 1.91. The van der Waals surface area contributed by atoms with Gasteiger partial charge in [-0.1, -0.05) is 6.08 Å². The van der Waals surface area contributed by atoms with Crippen molar-refractivity contribution in [3.05, 3.63) is 18.7 Å². The molecular formula is C5H5N. The SMILES string of the molecule is [C]1CC=CC=N1. The van der Waals surface area contributed by atoms with E-state index in [0.29, 0.717) is 0 Å². The number of rotatable bonds is 0. The van der Waals surface area contributed by atoms with Gasteiger partial charge in [-0.25, -0.2) is 0 Å². The van der Waals surface area contributed by atoms with E-state index in [9.17, 15) is 0 Å². The summed E-state index contributed by atoms with van der Waals surface area (Å²) in [7, 11) is 0. The zero-order valence-electron chi connectivity index (χ0n) is 3.39. The van der Waals surface area contributed by atoms with Crippen molar-refractivity contribution in [1.29, 1.82) is 0 Å². The van der Waals surface area contributed by atoms with Crippen molar-refractivity contribution in [2.24, 2.45) is 4.99 Å². The van der Waals surface area contributed by atoms with Crippen LogP contribution in [0.2, 0.25) is 0 Å². The van der Waals surface area contributed by atoms with Crippen molar-refractivity contribution >= 4 is 6.21 Å². The van der Waals surface area contributed by atoms with Crippen LogP contribution in [-0.4, -0.2) is 6.21 Å². The average molecular weight is 79.1 g/mol. The molecule has 1 heteroatoms. The van der Waals surface area contributed by atoms with Gasteiger partial charge in [0.05, 0.1) is 0 Å². The largest absolute Gasteiger partial charge is 0.281 e. The van der Waals surface area contributed by atoms with Gasteiger partial charge in [-0.15, -0.1) is 0 Å². The Bertz CT molecular complexity index is 69.9. The lowest BCUT2D eigenvalue weighted by molar-refractivity contribution is 1.16. The molecule has 0 aliphatic carbocycles. The third-order valence-corrected chi connectivity index (χ3v) is 0.597. The molecule has 0 amide bonds. The molecule has 0 saturated carbocycles. The van der Waals surface area contributed by atoms with E-state index in [4.69, 9.17) is 0 Å². The van der Waals surface area contributed by atoms with Gasteiger partial charge in [0, 0.05) is 6.21 Å². The van der Waals surface area contributed by atoms with E-state index in [0.717, 1.165) is 6.42 Å².